The number of rotatable bonds is 47. The fourth-order valence-electron chi connectivity index (χ4n) is 7.66. The largest absolute Gasteiger partial charge is 0.458 e. The maximum atomic E-state index is 13.2. The first kappa shape index (κ1) is 61.0. The molecule has 6 nitrogen and oxygen atoms in total. The maximum Gasteiger partial charge on any atom is 0.306 e. The number of carbonyl (C=O) groups is 2. The normalized spacial score (nSPS) is 13.9. The van der Waals surface area contributed by atoms with Crippen molar-refractivity contribution in [3.8, 4) is 0 Å². The Morgan fingerprint density at radius 2 is 0.875 bits per heavy atom. The van der Waals surface area contributed by atoms with Crippen LogP contribution in [0.1, 0.15) is 245 Å². The van der Waals surface area contributed by atoms with Gasteiger partial charge in [0.15, 0.2) is 0 Å². The van der Waals surface area contributed by atoms with Crippen LogP contribution in [0.15, 0.2) is 85.1 Å². The smallest absolute Gasteiger partial charge is 0.306 e. The number of aliphatic hydroxyl groups excluding tert-OH is 2. The highest BCUT2D eigenvalue weighted by Crippen LogP contribution is 2.16. The number of carbonyl (C=O) groups excluding carboxylic acids is 2. The molecule has 3 N–H and O–H groups in total. The van der Waals surface area contributed by atoms with Crippen LogP contribution in [0, 0.1) is 0 Å². The summed E-state index contributed by atoms with van der Waals surface area (Å²) in [5.74, 6) is -0.641. The molecule has 0 saturated heterocycles. The van der Waals surface area contributed by atoms with Crippen LogP contribution in [0.2, 0.25) is 0 Å². The van der Waals surface area contributed by atoms with Crippen molar-refractivity contribution in [3.05, 3.63) is 85.1 Å². The van der Waals surface area contributed by atoms with E-state index in [-0.39, 0.29) is 24.9 Å². The van der Waals surface area contributed by atoms with Gasteiger partial charge in [0.2, 0.25) is 5.91 Å². The summed E-state index contributed by atoms with van der Waals surface area (Å²) < 4.78 is 5.83. The van der Waals surface area contributed by atoms with Crippen molar-refractivity contribution in [1.82, 2.24) is 5.32 Å². The van der Waals surface area contributed by atoms with Crippen LogP contribution in [-0.2, 0) is 14.3 Å². The summed E-state index contributed by atoms with van der Waals surface area (Å²) in [4.78, 5) is 26.1. The topological polar surface area (TPSA) is 95.9 Å². The van der Waals surface area contributed by atoms with Crippen LogP contribution in [-0.4, -0.2) is 46.9 Å². The van der Waals surface area contributed by atoms with Gasteiger partial charge in [0, 0.05) is 6.42 Å². The molecule has 0 heterocycles. The number of hydrogen-bond acceptors (Lipinski definition) is 5. The molecule has 0 spiro atoms. The summed E-state index contributed by atoms with van der Waals surface area (Å²) in [5, 5.41) is 23.7. The zero-order chi connectivity index (χ0) is 46.7. The Hall–Kier alpha value is -2.96. The van der Waals surface area contributed by atoms with Crippen LogP contribution in [0.4, 0.5) is 0 Å². The van der Waals surface area contributed by atoms with Gasteiger partial charge in [-0.1, -0.05) is 235 Å². The van der Waals surface area contributed by atoms with Gasteiger partial charge in [-0.3, -0.25) is 9.59 Å². The molecule has 64 heavy (non-hydrogen) atoms. The molecule has 0 fully saturated rings. The second-order valence-electron chi connectivity index (χ2n) is 17.9. The molecule has 3 unspecified atom stereocenters. The maximum absolute atomic E-state index is 13.2. The monoisotopic (exact) mass is 892 g/mol. The summed E-state index contributed by atoms with van der Waals surface area (Å²) in [5.41, 5.74) is 0. The number of ether oxygens (including phenoxy) is 1. The number of allylic oxidation sites excluding steroid dienone is 13. The molecule has 0 bridgehead atoms. The predicted molar refractivity (Wildman–Crippen MR) is 278 cm³/mol. The molecule has 6 heteroatoms. The van der Waals surface area contributed by atoms with Crippen molar-refractivity contribution in [3.63, 3.8) is 0 Å². The van der Waals surface area contributed by atoms with Crippen molar-refractivity contribution in [2.45, 2.75) is 264 Å². The standard InChI is InChI=1S/C58H101NO5/c1-4-7-10-13-16-19-22-25-27-29-30-32-34-37-40-43-46-49-54(64-58(63)51-48-45-42-39-36-33-31-28-26-23-20-17-14-11-8-5-2)52-57(62)59-55(53-60)56(61)50-47-44-41-38-35-24-21-18-15-12-9-6-3/h7,10,16,19,25,27-28,30-32,37,40,46,49,54-56,60-61H,4-6,8-9,11-15,17-18,20-24,26,29,33-36,38-39,41-45,47-48,50-53H2,1-3H3,(H,59,62)/b10-7-,19-16-,27-25-,31-28+,32-30-,40-37-,49-46-. The molecule has 0 saturated carbocycles. The highest BCUT2D eigenvalue weighted by Gasteiger charge is 2.23. The van der Waals surface area contributed by atoms with E-state index in [0.29, 0.717) is 19.3 Å². The Balaban J connectivity index is 4.78. The zero-order valence-corrected chi connectivity index (χ0v) is 41.9. The van der Waals surface area contributed by atoms with Gasteiger partial charge in [0.1, 0.15) is 6.10 Å². The van der Waals surface area contributed by atoms with E-state index >= 15 is 0 Å². The van der Waals surface area contributed by atoms with Crippen molar-refractivity contribution >= 4 is 11.9 Å². The van der Waals surface area contributed by atoms with E-state index < -0.39 is 18.2 Å². The van der Waals surface area contributed by atoms with E-state index in [2.05, 4.69) is 99.0 Å². The van der Waals surface area contributed by atoms with Crippen LogP contribution in [0.3, 0.4) is 0 Å². The molecule has 0 radical (unpaired) electrons. The van der Waals surface area contributed by atoms with Gasteiger partial charge in [0.05, 0.1) is 25.2 Å². The molecule has 0 aromatic heterocycles. The Morgan fingerprint density at radius 3 is 1.31 bits per heavy atom. The fraction of sp³-hybridized carbons (Fsp3) is 0.724. The lowest BCUT2D eigenvalue weighted by Crippen LogP contribution is -2.46. The lowest BCUT2D eigenvalue weighted by molar-refractivity contribution is -0.148. The molecule has 0 aliphatic heterocycles. The van der Waals surface area contributed by atoms with Crippen molar-refractivity contribution in [2.75, 3.05) is 6.61 Å². The van der Waals surface area contributed by atoms with E-state index in [1.165, 1.54) is 116 Å². The molecule has 0 aliphatic carbocycles. The van der Waals surface area contributed by atoms with E-state index in [1.54, 1.807) is 6.08 Å². The summed E-state index contributed by atoms with van der Waals surface area (Å²) in [6.45, 7) is 6.33. The lowest BCUT2D eigenvalue weighted by atomic mass is 10.0. The third-order valence-electron chi connectivity index (χ3n) is 11.7. The van der Waals surface area contributed by atoms with E-state index in [9.17, 15) is 19.8 Å². The third kappa shape index (κ3) is 45.6. The van der Waals surface area contributed by atoms with Crippen molar-refractivity contribution in [2.24, 2.45) is 0 Å². The van der Waals surface area contributed by atoms with Crippen molar-refractivity contribution < 1.29 is 24.5 Å². The molecular weight excluding hydrogens is 791 g/mol. The summed E-state index contributed by atoms with van der Waals surface area (Å²) in [7, 11) is 0. The SMILES string of the molecule is CC/C=C\C/C=C\C/C=C\C/C=C\C/C=C\C/C=C\C(CC(=O)NC(CO)C(O)CCCCCCCCCCCCCC)OC(=O)CCCCCCC/C=C/CCCCCCCCC. The number of unbranched alkanes of at least 4 members (excludes halogenated alkanes) is 23. The van der Waals surface area contributed by atoms with Crippen molar-refractivity contribution in [1.29, 1.82) is 0 Å². The van der Waals surface area contributed by atoms with Gasteiger partial charge in [-0.05, 0) is 83.1 Å². The third-order valence-corrected chi connectivity index (χ3v) is 11.7. The Bertz CT molecular complexity index is 1230. The van der Waals surface area contributed by atoms with Gasteiger partial charge in [-0.15, -0.1) is 0 Å². The Kier molecular flexibility index (Phi) is 48.7. The Labute approximate surface area is 395 Å². The number of amides is 1. The first-order valence-corrected chi connectivity index (χ1v) is 26.8. The van der Waals surface area contributed by atoms with Gasteiger partial charge >= 0.3 is 5.97 Å². The lowest BCUT2D eigenvalue weighted by Gasteiger charge is -2.23. The highest BCUT2D eigenvalue weighted by atomic mass is 16.5. The van der Waals surface area contributed by atoms with Crippen LogP contribution >= 0.6 is 0 Å². The first-order valence-electron chi connectivity index (χ1n) is 26.8. The summed E-state index contributed by atoms with van der Waals surface area (Å²) >= 11 is 0. The molecule has 368 valence electrons. The number of nitrogens with one attached hydrogen (secondary N) is 1. The zero-order valence-electron chi connectivity index (χ0n) is 41.9. The minimum absolute atomic E-state index is 0.0534. The molecule has 0 aromatic rings. The number of esters is 1. The second-order valence-corrected chi connectivity index (χ2v) is 17.9. The minimum Gasteiger partial charge on any atom is -0.458 e. The highest BCUT2D eigenvalue weighted by molar-refractivity contribution is 5.78. The summed E-state index contributed by atoms with van der Waals surface area (Å²) in [6.07, 6.45) is 66.7. The van der Waals surface area contributed by atoms with Gasteiger partial charge in [-0.2, -0.15) is 0 Å². The van der Waals surface area contributed by atoms with E-state index in [4.69, 9.17) is 4.74 Å². The quantitative estimate of drug-likeness (QED) is 0.0321. The first-order chi connectivity index (χ1) is 31.5. The molecule has 3 atom stereocenters. The predicted octanol–water partition coefficient (Wildman–Crippen LogP) is 16.3. The van der Waals surface area contributed by atoms with Crippen LogP contribution in [0.25, 0.3) is 0 Å². The minimum atomic E-state index is -0.824. The average molecular weight is 892 g/mol. The number of aliphatic hydroxyl groups is 2. The van der Waals surface area contributed by atoms with E-state index in [0.717, 1.165) is 83.5 Å². The molecular formula is C58H101NO5. The Morgan fingerprint density at radius 1 is 0.484 bits per heavy atom. The number of hydrogen-bond donors (Lipinski definition) is 3. The second kappa shape index (κ2) is 51.0. The van der Waals surface area contributed by atoms with E-state index in [1.807, 2.05) is 6.08 Å². The molecule has 0 aromatic carbocycles. The fourth-order valence-corrected chi connectivity index (χ4v) is 7.66. The summed E-state index contributed by atoms with van der Waals surface area (Å²) in [6, 6.07) is -0.748. The van der Waals surface area contributed by atoms with Crippen LogP contribution < -0.4 is 5.32 Å². The van der Waals surface area contributed by atoms with Gasteiger partial charge in [-0.25, -0.2) is 0 Å². The molecule has 0 rings (SSSR count). The van der Waals surface area contributed by atoms with Gasteiger partial charge in [0.25, 0.3) is 0 Å². The average Bonchev–Trinajstić information content (AvgIpc) is 3.29. The molecule has 1 amide bonds. The van der Waals surface area contributed by atoms with Gasteiger partial charge < -0.3 is 20.3 Å². The van der Waals surface area contributed by atoms with Crippen LogP contribution in [0.5, 0.6) is 0 Å². The molecule has 0 aliphatic rings.